The molecule has 0 aliphatic carbocycles. The summed E-state index contributed by atoms with van der Waals surface area (Å²) in [6, 6.07) is 0. The molecule has 0 aromatic carbocycles. The largest absolute Gasteiger partial charge is 0.394 e. The van der Waals surface area contributed by atoms with Crippen molar-refractivity contribution in [2.75, 3.05) is 46.6 Å². The molecule has 0 unspecified atom stereocenters. The van der Waals surface area contributed by atoms with Crippen LogP contribution in [0, 0.1) is 0 Å². The quantitative estimate of drug-likeness (QED) is 0.256. The fraction of sp³-hybridized carbons (Fsp3) is 0.875. The Kier molecular flexibility index (Phi) is 9.61. The van der Waals surface area contributed by atoms with Crippen LogP contribution in [-0.2, 0) is 9.47 Å². The van der Waals surface area contributed by atoms with E-state index >= 15 is 0 Å². The van der Waals surface area contributed by atoms with Gasteiger partial charge in [-0.15, -0.1) is 0 Å². The molecule has 0 saturated carbocycles. The Labute approximate surface area is 84.1 Å². The van der Waals surface area contributed by atoms with Gasteiger partial charge in [0, 0.05) is 7.05 Å². The van der Waals surface area contributed by atoms with Crippen LogP contribution in [0.15, 0.2) is 4.99 Å². The second-order valence-corrected chi connectivity index (χ2v) is 2.47. The number of aliphatic hydroxyl groups excluding tert-OH is 1. The first-order valence-electron chi connectivity index (χ1n) is 4.55. The Morgan fingerprint density at radius 2 is 1.93 bits per heavy atom. The zero-order valence-corrected chi connectivity index (χ0v) is 8.53. The molecule has 0 saturated heterocycles. The number of ether oxygens (including phenoxy) is 2. The summed E-state index contributed by atoms with van der Waals surface area (Å²) >= 11 is 0. The van der Waals surface area contributed by atoms with Gasteiger partial charge in [-0.1, -0.05) is 0 Å². The molecule has 0 atom stereocenters. The molecule has 0 fully saturated rings. The molecule has 0 bridgehead atoms. The highest BCUT2D eigenvalue weighted by molar-refractivity contribution is 5.77. The maximum Gasteiger partial charge on any atom is 0.188 e. The lowest BCUT2D eigenvalue weighted by Crippen LogP contribution is -2.28. The van der Waals surface area contributed by atoms with Gasteiger partial charge in [0.1, 0.15) is 0 Å². The minimum Gasteiger partial charge on any atom is -0.394 e. The van der Waals surface area contributed by atoms with Crippen LogP contribution in [-0.4, -0.2) is 57.7 Å². The summed E-state index contributed by atoms with van der Waals surface area (Å²) in [5.41, 5.74) is 5.38. The van der Waals surface area contributed by atoms with E-state index in [1.807, 2.05) is 0 Å². The first kappa shape index (κ1) is 13.2. The van der Waals surface area contributed by atoms with Crippen LogP contribution in [0.4, 0.5) is 0 Å². The highest BCUT2D eigenvalue weighted by atomic mass is 16.5. The normalized spacial score (nSPS) is 11.7. The standard InChI is InChI=1S/C8H19N3O3/c1-10-8(9)11-2-4-13-6-7-14-5-3-12/h12H,2-7H2,1H3,(H3,9,10,11). The van der Waals surface area contributed by atoms with Crippen molar-refractivity contribution in [3.63, 3.8) is 0 Å². The molecule has 14 heavy (non-hydrogen) atoms. The van der Waals surface area contributed by atoms with E-state index < -0.39 is 0 Å². The van der Waals surface area contributed by atoms with Gasteiger partial charge in [0.2, 0.25) is 0 Å². The number of aliphatic hydroxyl groups is 1. The summed E-state index contributed by atoms with van der Waals surface area (Å²) in [5.74, 6) is 0.408. The third kappa shape index (κ3) is 9.24. The number of hydrogen-bond donors (Lipinski definition) is 3. The molecule has 0 heterocycles. The van der Waals surface area contributed by atoms with Gasteiger partial charge in [0.25, 0.3) is 0 Å². The fourth-order valence-electron chi connectivity index (χ4n) is 0.696. The van der Waals surface area contributed by atoms with Gasteiger partial charge >= 0.3 is 0 Å². The van der Waals surface area contributed by atoms with Crippen LogP contribution < -0.4 is 11.1 Å². The topological polar surface area (TPSA) is 89.1 Å². The van der Waals surface area contributed by atoms with Gasteiger partial charge in [0.05, 0.1) is 39.6 Å². The maximum atomic E-state index is 8.39. The van der Waals surface area contributed by atoms with E-state index in [1.54, 1.807) is 7.05 Å². The molecule has 0 rings (SSSR count). The number of nitrogens with zero attached hydrogens (tertiary/aromatic N) is 1. The van der Waals surface area contributed by atoms with Crippen molar-refractivity contribution in [2.24, 2.45) is 10.7 Å². The first-order valence-corrected chi connectivity index (χ1v) is 4.55. The zero-order valence-electron chi connectivity index (χ0n) is 8.53. The fourth-order valence-corrected chi connectivity index (χ4v) is 0.696. The summed E-state index contributed by atoms with van der Waals surface area (Å²) in [7, 11) is 1.71. The second kappa shape index (κ2) is 10.2. The molecule has 0 aromatic rings. The maximum absolute atomic E-state index is 8.39. The summed E-state index contributed by atoms with van der Waals surface area (Å²) in [5, 5.41) is 11.1. The van der Waals surface area contributed by atoms with E-state index in [2.05, 4.69) is 10.3 Å². The van der Waals surface area contributed by atoms with Crippen LogP contribution in [0.25, 0.3) is 0 Å². The van der Waals surface area contributed by atoms with Gasteiger partial charge < -0.3 is 25.6 Å². The molecule has 0 aliphatic heterocycles. The predicted molar refractivity (Wildman–Crippen MR) is 54.3 cm³/mol. The predicted octanol–water partition coefficient (Wildman–Crippen LogP) is -1.45. The lowest BCUT2D eigenvalue weighted by Gasteiger charge is -2.03. The molecule has 0 aliphatic rings. The second-order valence-electron chi connectivity index (χ2n) is 2.47. The number of nitrogens with two attached hydrogens (primary N) is 1. The van der Waals surface area contributed by atoms with E-state index in [0.29, 0.717) is 38.9 Å². The Balaban J connectivity index is 3.06. The lowest BCUT2D eigenvalue weighted by atomic mass is 10.7. The summed E-state index contributed by atoms with van der Waals surface area (Å²) in [4.78, 5) is 3.95. The third-order valence-electron chi connectivity index (χ3n) is 1.38. The molecule has 4 N–H and O–H groups in total. The van der Waals surface area contributed by atoms with Crippen molar-refractivity contribution in [1.29, 1.82) is 0 Å². The smallest absolute Gasteiger partial charge is 0.188 e. The Morgan fingerprint density at radius 1 is 1.29 bits per heavy atom. The number of guanidine groups is 1. The zero-order chi connectivity index (χ0) is 10.6. The SMILES string of the molecule is CNC(N)=NCCOCCOCCO. The van der Waals surface area contributed by atoms with Crippen LogP contribution in [0.1, 0.15) is 0 Å². The number of nitrogens with one attached hydrogen (secondary N) is 1. The molecule has 6 nitrogen and oxygen atoms in total. The molecule has 0 aromatic heterocycles. The average molecular weight is 205 g/mol. The van der Waals surface area contributed by atoms with E-state index in [-0.39, 0.29) is 6.61 Å². The van der Waals surface area contributed by atoms with Crippen LogP contribution in [0.2, 0.25) is 0 Å². The van der Waals surface area contributed by atoms with E-state index in [1.165, 1.54) is 0 Å². The van der Waals surface area contributed by atoms with Crippen LogP contribution in [0.5, 0.6) is 0 Å². The van der Waals surface area contributed by atoms with Gasteiger partial charge in [-0.2, -0.15) is 0 Å². The number of hydrogen-bond acceptors (Lipinski definition) is 4. The molecular weight excluding hydrogens is 186 g/mol. The van der Waals surface area contributed by atoms with Gasteiger partial charge in [-0.3, -0.25) is 4.99 Å². The van der Waals surface area contributed by atoms with Crippen molar-refractivity contribution in [2.45, 2.75) is 0 Å². The summed E-state index contributed by atoms with van der Waals surface area (Å²) in [6.45, 7) is 2.45. The Bertz CT molecular complexity index is 153. The van der Waals surface area contributed by atoms with Gasteiger partial charge in [-0.25, -0.2) is 0 Å². The Hall–Kier alpha value is -0.850. The monoisotopic (exact) mass is 205 g/mol. The average Bonchev–Trinajstić information content (AvgIpc) is 2.21. The van der Waals surface area contributed by atoms with Gasteiger partial charge in [0.15, 0.2) is 5.96 Å². The highest BCUT2D eigenvalue weighted by Gasteiger charge is 1.89. The van der Waals surface area contributed by atoms with E-state index in [4.69, 9.17) is 20.3 Å². The molecule has 0 spiro atoms. The number of rotatable bonds is 8. The molecule has 6 heteroatoms. The third-order valence-corrected chi connectivity index (χ3v) is 1.38. The van der Waals surface area contributed by atoms with Crippen molar-refractivity contribution >= 4 is 5.96 Å². The first-order chi connectivity index (χ1) is 6.81. The van der Waals surface area contributed by atoms with Crippen molar-refractivity contribution < 1.29 is 14.6 Å². The molecule has 0 amide bonds. The van der Waals surface area contributed by atoms with E-state index in [9.17, 15) is 0 Å². The van der Waals surface area contributed by atoms with Gasteiger partial charge in [-0.05, 0) is 0 Å². The molecular formula is C8H19N3O3. The minimum absolute atomic E-state index is 0.0446. The van der Waals surface area contributed by atoms with E-state index in [0.717, 1.165) is 0 Å². The van der Waals surface area contributed by atoms with Crippen molar-refractivity contribution in [1.82, 2.24) is 5.32 Å². The van der Waals surface area contributed by atoms with Crippen LogP contribution >= 0.6 is 0 Å². The number of aliphatic imine (C=N–C) groups is 1. The van der Waals surface area contributed by atoms with Crippen molar-refractivity contribution in [3.05, 3.63) is 0 Å². The van der Waals surface area contributed by atoms with Crippen LogP contribution in [0.3, 0.4) is 0 Å². The minimum atomic E-state index is 0.0446. The lowest BCUT2D eigenvalue weighted by molar-refractivity contribution is 0.0355. The summed E-state index contributed by atoms with van der Waals surface area (Å²) < 4.78 is 10.2. The Morgan fingerprint density at radius 3 is 2.50 bits per heavy atom. The highest BCUT2D eigenvalue weighted by Crippen LogP contribution is 1.79. The molecule has 84 valence electrons. The summed E-state index contributed by atoms with van der Waals surface area (Å²) in [6.07, 6.45) is 0. The van der Waals surface area contributed by atoms with Crippen molar-refractivity contribution in [3.8, 4) is 0 Å². The molecule has 0 radical (unpaired) electrons.